The molecular weight excluding hydrogens is 396 g/mol. The van der Waals surface area contributed by atoms with Crippen LogP contribution in [0.15, 0.2) is 89.1 Å². The van der Waals surface area contributed by atoms with E-state index in [0.717, 1.165) is 33.3 Å². The minimum atomic E-state index is -0.522. The molecule has 1 unspecified atom stereocenters. The Labute approximate surface area is 178 Å². The normalized spacial score (nSPS) is 16.5. The molecule has 5 rings (SSSR count). The minimum absolute atomic E-state index is 0.376. The van der Waals surface area contributed by atoms with Gasteiger partial charge in [0, 0.05) is 38.3 Å². The Hall–Kier alpha value is -3.41. The lowest BCUT2D eigenvalue weighted by Crippen LogP contribution is -2.40. The van der Waals surface area contributed by atoms with Gasteiger partial charge in [-0.3, -0.25) is 5.21 Å². The molecule has 0 spiro atoms. The number of nitrogens with zero attached hydrogens (tertiary/aromatic N) is 3. The Bertz CT molecular complexity index is 1280. The number of rotatable bonds is 3. The highest BCUT2D eigenvalue weighted by atomic mass is 35.5. The fraction of sp³-hybridized carbons (Fsp3) is 0.0833. The molecule has 2 N–H and O–H groups in total. The number of hydrogen-bond donors (Lipinski definition) is 2. The number of H-pyrrole nitrogens is 1. The third kappa shape index (κ3) is 3.09. The molecule has 4 aromatic rings. The summed E-state index contributed by atoms with van der Waals surface area (Å²) in [5.74, 6) is 0.376. The van der Waals surface area contributed by atoms with Gasteiger partial charge in [0.1, 0.15) is 11.8 Å². The first kappa shape index (κ1) is 18.6. The van der Waals surface area contributed by atoms with Crippen LogP contribution in [0.2, 0.25) is 5.02 Å². The van der Waals surface area contributed by atoms with Gasteiger partial charge in [-0.25, -0.2) is 5.06 Å². The summed E-state index contributed by atoms with van der Waals surface area (Å²) in [7, 11) is 0. The van der Waals surface area contributed by atoms with Crippen LogP contribution in [-0.2, 0) is 0 Å². The highest BCUT2D eigenvalue weighted by Gasteiger charge is 2.35. The first-order valence-electron chi connectivity index (χ1n) is 9.65. The molecule has 0 radical (unpaired) electrons. The molecule has 148 valence electrons. The van der Waals surface area contributed by atoms with Crippen LogP contribution in [0.25, 0.3) is 10.9 Å². The summed E-state index contributed by atoms with van der Waals surface area (Å²) < 4.78 is 0. The van der Waals surface area contributed by atoms with Crippen LogP contribution in [0.5, 0.6) is 0 Å². The monoisotopic (exact) mass is 414 g/mol. The number of aromatic nitrogens is 1. The van der Waals surface area contributed by atoms with Crippen LogP contribution in [0.4, 0.5) is 0 Å². The second-order valence-corrected chi connectivity index (χ2v) is 7.67. The van der Waals surface area contributed by atoms with E-state index in [9.17, 15) is 5.21 Å². The summed E-state index contributed by atoms with van der Waals surface area (Å²) >= 11 is 6.04. The van der Waals surface area contributed by atoms with Crippen molar-refractivity contribution in [2.45, 2.75) is 13.0 Å². The Kier molecular flexibility index (Phi) is 4.62. The zero-order chi connectivity index (χ0) is 20.7. The molecule has 1 aromatic heterocycles. The zero-order valence-electron chi connectivity index (χ0n) is 16.2. The highest BCUT2D eigenvalue weighted by Crippen LogP contribution is 2.36. The van der Waals surface area contributed by atoms with E-state index < -0.39 is 6.04 Å². The van der Waals surface area contributed by atoms with Gasteiger partial charge in [-0.15, -0.1) is 5.10 Å². The molecule has 0 amide bonds. The van der Waals surface area contributed by atoms with Gasteiger partial charge in [0.05, 0.1) is 0 Å². The summed E-state index contributed by atoms with van der Waals surface area (Å²) in [6.45, 7) is 2.01. The first-order valence-corrected chi connectivity index (χ1v) is 10.0. The molecule has 0 saturated heterocycles. The standard InChI is InChI=1S/C24H19ClN4O/c1-15-21(19-9-5-6-10-20(19)26-15)23-22(16-7-3-2-4-8-16)27-28-24(29(23)30)17-11-13-18(25)14-12-17/h2-14,23,26,30H,1H3. The molecule has 5 nitrogen and oxygen atoms in total. The van der Waals surface area contributed by atoms with E-state index in [1.165, 1.54) is 5.06 Å². The Balaban J connectivity index is 1.72. The van der Waals surface area contributed by atoms with Gasteiger partial charge < -0.3 is 4.98 Å². The zero-order valence-corrected chi connectivity index (χ0v) is 17.0. The molecule has 30 heavy (non-hydrogen) atoms. The number of amidine groups is 1. The lowest BCUT2D eigenvalue weighted by molar-refractivity contribution is -0.0344. The third-order valence-corrected chi connectivity index (χ3v) is 5.61. The number of halogens is 1. The molecule has 2 heterocycles. The van der Waals surface area contributed by atoms with Crippen molar-refractivity contribution >= 4 is 34.1 Å². The summed E-state index contributed by atoms with van der Waals surface area (Å²) in [4.78, 5) is 3.43. The number of aromatic amines is 1. The van der Waals surface area contributed by atoms with E-state index in [1.807, 2.05) is 67.6 Å². The van der Waals surface area contributed by atoms with Gasteiger partial charge in [-0.2, -0.15) is 5.10 Å². The Morgan fingerprint density at radius 2 is 1.57 bits per heavy atom. The van der Waals surface area contributed by atoms with Crippen LogP contribution in [0.3, 0.4) is 0 Å². The maximum absolute atomic E-state index is 11.4. The second kappa shape index (κ2) is 7.44. The second-order valence-electron chi connectivity index (χ2n) is 7.24. The first-order chi connectivity index (χ1) is 14.6. The smallest absolute Gasteiger partial charge is 0.182 e. The average molecular weight is 415 g/mol. The van der Waals surface area contributed by atoms with Crippen molar-refractivity contribution in [1.29, 1.82) is 0 Å². The molecule has 1 atom stereocenters. The molecular formula is C24H19ClN4O. The van der Waals surface area contributed by atoms with Gasteiger partial charge in [-0.05, 0) is 37.3 Å². The summed E-state index contributed by atoms with van der Waals surface area (Å²) in [5.41, 5.74) is 5.29. The van der Waals surface area contributed by atoms with Crippen LogP contribution < -0.4 is 0 Å². The van der Waals surface area contributed by atoms with E-state index in [2.05, 4.69) is 21.3 Å². The van der Waals surface area contributed by atoms with E-state index in [4.69, 9.17) is 11.6 Å². The lowest BCUT2D eigenvalue weighted by Gasteiger charge is -2.32. The van der Waals surface area contributed by atoms with Gasteiger partial charge in [0.2, 0.25) is 0 Å². The van der Waals surface area contributed by atoms with E-state index in [1.54, 1.807) is 12.1 Å². The Morgan fingerprint density at radius 3 is 2.33 bits per heavy atom. The predicted molar refractivity (Wildman–Crippen MR) is 120 cm³/mol. The molecule has 0 fully saturated rings. The van der Waals surface area contributed by atoms with Gasteiger partial charge >= 0.3 is 0 Å². The van der Waals surface area contributed by atoms with Gasteiger partial charge in [0.25, 0.3) is 0 Å². The van der Waals surface area contributed by atoms with E-state index >= 15 is 0 Å². The van der Waals surface area contributed by atoms with Gasteiger partial charge in [0.15, 0.2) is 5.84 Å². The van der Waals surface area contributed by atoms with Crippen LogP contribution in [0, 0.1) is 6.92 Å². The minimum Gasteiger partial charge on any atom is -0.358 e. The van der Waals surface area contributed by atoms with Crippen molar-refractivity contribution in [1.82, 2.24) is 10.0 Å². The summed E-state index contributed by atoms with van der Waals surface area (Å²) in [5, 5.41) is 23.2. The van der Waals surface area contributed by atoms with Crippen LogP contribution in [0.1, 0.15) is 28.4 Å². The van der Waals surface area contributed by atoms with Crippen molar-refractivity contribution in [2.24, 2.45) is 10.2 Å². The van der Waals surface area contributed by atoms with Crippen molar-refractivity contribution in [3.05, 3.63) is 106 Å². The van der Waals surface area contributed by atoms with Crippen molar-refractivity contribution < 1.29 is 5.21 Å². The number of fused-ring (bicyclic) bond motifs is 1. The van der Waals surface area contributed by atoms with Crippen LogP contribution >= 0.6 is 11.6 Å². The highest BCUT2D eigenvalue weighted by molar-refractivity contribution is 6.30. The maximum atomic E-state index is 11.4. The predicted octanol–water partition coefficient (Wildman–Crippen LogP) is 5.73. The molecule has 3 aromatic carbocycles. The number of hydrogen-bond acceptors (Lipinski definition) is 4. The molecule has 1 aliphatic heterocycles. The van der Waals surface area contributed by atoms with Gasteiger partial charge in [-0.1, -0.05) is 60.1 Å². The summed E-state index contributed by atoms with van der Waals surface area (Å²) in [6, 6.07) is 24.6. The summed E-state index contributed by atoms with van der Waals surface area (Å²) in [6.07, 6.45) is 0. The largest absolute Gasteiger partial charge is 0.358 e. The van der Waals surface area contributed by atoms with E-state index in [0.29, 0.717) is 16.6 Å². The van der Waals surface area contributed by atoms with E-state index in [-0.39, 0.29) is 0 Å². The number of hydroxylamine groups is 2. The molecule has 0 bridgehead atoms. The SMILES string of the molecule is Cc1[nH]c2ccccc2c1C1C(c2ccccc2)=NN=C(c2ccc(Cl)cc2)N1O. The number of benzene rings is 3. The molecule has 0 saturated carbocycles. The number of nitrogens with one attached hydrogen (secondary N) is 1. The van der Waals surface area contributed by atoms with Crippen LogP contribution in [-0.4, -0.2) is 26.8 Å². The average Bonchev–Trinajstić information content (AvgIpc) is 3.10. The van der Waals surface area contributed by atoms with Crippen molar-refractivity contribution in [3.63, 3.8) is 0 Å². The maximum Gasteiger partial charge on any atom is 0.182 e. The topological polar surface area (TPSA) is 64.0 Å². The Morgan fingerprint density at radius 1 is 0.867 bits per heavy atom. The third-order valence-electron chi connectivity index (χ3n) is 5.36. The van der Waals surface area contributed by atoms with Crippen molar-refractivity contribution in [3.8, 4) is 0 Å². The number of aryl methyl sites for hydroxylation is 1. The number of para-hydroxylation sites is 1. The van der Waals surface area contributed by atoms with Crippen molar-refractivity contribution in [2.75, 3.05) is 0 Å². The quantitative estimate of drug-likeness (QED) is 0.449. The molecule has 6 heteroatoms. The lowest BCUT2D eigenvalue weighted by atomic mass is 9.93. The fourth-order valence-electron chi connectivity index (χ4n) is 3.96. The fourth-order valence-corrected chi connectivity index (χ4v) is 4.09. The molecule has 1 aliphatic rings. The molecule has 0 aliphatic carbocycles.